The first-order valence-electron chi connectivity index (χ1n) is 12.8. The van der Waals surface area contributed by atoms with Crippen LogP contribution in [-0.2, 0) is 15.0 Å². The maximum absolute atomic E-state index is 15.2. The van der Waals surface area contributed by atoms with Gasteiger partial charge in [0.05, 0.1) is 22.4 Å². The third-order valence-electron chi connectivity index (χ3n) is 7.09. The van der Waals surface area contributed by atoms with Crippen LogP contribution in [0.3, 0.4) is 0 Å². The normalized spacial score (nSPS) is 17.8. The van der Waals surface area contributed by atoms with E-state index >= 15 is 4.39 Å². The van der Waals surface area contributed by atoms with E-state index in [1.807, 2.05) is 52.8 Å². The van der Waals surface area contributed by atoms with Crippen molar-refractivity contribution in [2.75, 3.05) is 17.2 Å². The minimum atomic E-state index is -0.680. The lowest BCUT2D eigenvalue weighted by molar-refractivity contribution is -0.123. The second-order valence-electron chi connectivity index (χ2n) is 11.1. The van der Waals surface area contributed by atoms with Crippen LogP contribution in [0.2, 0.25) is 0 Å². The van der Waals surface area contributed by atoms with Crippen molar-refractivity contribution >= 4 is 29.4 Å². The van der Waals surface area contributed by atoms with Gasteiger partial charge in [0.2, 0.25) is 11.8 Å². The summed E-state index contributed by atoms with van der Waals surface area (Å²) in [6.07, 6.45) is 1.86. The highest BCUT2D eigenvalue weighted by molar-refractivity contribution is 8.00. The molecule has 5 rings (SSSR count). The number of amides is 2. The number of carbonyl (C=O) groups is 2. The molecule has 0 radical (unpaired) electrons. The van der Waals surface area contributed by atoms with Crippen LogP contribution < -0.4 is 10.2 Å². The Bertz CT molecular complexity index is 1420. The number of rotatable bonds is 5. The fourth-order valence-electron chi connectivity index (χ4n) is 4.81. The molecule has 38 heavy (non-hydrogen) atoms. The molecule has 2 amide bonds. The minimum absolute atomic E-state index is 0.0310. The van der Waals surface area contributed by atoms with E-state index in [1.165, 1.54) is 28.8 Å². The fraction of sp³-hybridized carbons (Fsp3) is 0.414. The molecule has 1 aliphatic carbocycles. The van der Waals surface area contributed by atoms with Gasteiger partial charge in [-0.25, -0.2) is 13.5 Å². The molecule has 0 bridgehead atoms. The molecule has 0 unspecified atom stereocenters. The zero-order valence-electron chi connectivity index (χ0n) is 22.3. The van der Waals surface area contributed by atoms with Gasteiger partial charge in [0.25, 0.3) is 0 Å². The third kappa shape index (κ3) is 4.96. The summed E-state index contributed by atoms with van der Waals surface area (Å²) < 4.78 is 30.9. The lowest BCUT2D eigenvalue weighted by atomic mass is 9.87. The Kier molecular flexibility index (Phi) is 6.84. The van der Waals surface area contributed by atoms with Crippen molar-refractivity contribution in [2.45, 2.75) is 64.2 Å². The second-order valence-corrected chi connectivity index (χ2v) is 12.2. The monoisotopic (exact) mass is 538 g/mol. The summed E-state index contributed by atoms with van der Waals surface area (Å²) in [6.45, 7) is 9.88. The molecule has 9 heteroatoms. The van der Waals surface area contributed by atoms with Crippen molar-refractivity contribution in [1.29, 1.82) is 0 Å². The second kappa shape index (κ2) is 9.84. The highest BCUT2D eigenvalue weighted by Gasteiger charge is 2.41. The molecule has 2 aliphatic rings. The summed E-state index contributed by atoms with van der Waals surface area (Å²) in [6, 6.07) is 9.55. The number of aromatic nitrogens is 2. The Morgan fingerprint density at radius 3 is 2.55 bits per heavy atom. The molecule has 200 valence electrons. The predicted molar refractivity (Wildman–Crippen MR) is 146 cm³/mol. The van der Waals surface area contributed by atoms with Gasteiger partial charge in [0, 0.05) is 28.7 Å². The summed E-state index contributed by atoms with van der Waals surface area (Å²) in [7, 11) is 0. The van der Waals surface area contributed by atoms with Crippen LogP contribution in [-0.4, -0.2) is 39.9 Å². The van der Waals surface area contributed by atoms with E-state index in [-0.39, 0.29) is 35.7 Å². The van der Waals surface area contributed by atoms with E-state index < -0.39 is 22.3 Å². The molecule has 6 nitrogen and oxygen atoms in total. The molecule has 1 aliphatic heterocycles. The number of nitrogens with zero attached hydrogens (tertiary/aromatic N) is 3. The number of fused-ring (bicyclic) bond motifs is 1. The fourth-order valence-corrected chi connectivity index (χ4v) is 6.03. The van der Waals surface area contributed by atoms with Gasteiger partial charge in [-0.1, -0.05) is 39.0 Å². The number of benzene rings is 2. The Balaban J connectivity index is 1.79. The van der Waals surface area contributed by atoms with Gasteiger partial charge in [-0.3, -0.25) is 14.5 Å². The maximum atomic E-state index is 15.2. The van der Waals surface area contributed by atoms with Crippen molar-refractivity contribution < 1.29 is 18.4 Å². The van der Waals surface area contributed by atoms with Gasteiger partial charge >= 0.3 is 0 Å². The Morgan fingerprint density at radius 2 is 1.89 bits per heavy atom. The van der Waals surface area contributed by atoms with Gasteiger partial charge in [-0.15, -0.1) is 11.8 Å². The highest BCUT2D eigenvalue weighted by Crippen LogP contribution is 2.49. The Labute approximate surface area is 225 Å². The van der Waals surface area contributed by atoms with Crippen LogP contribution in [0.1, 0.15) is 66.8 Å². The van der Waals surface area contributed by atoms with E-state index in [0.29, 0.717) is 17.1 Å². The standard InChI is InChI=1S/C29H32F2N4O2S/c1-16-7-6-8-22(17(16)2)35-28-25(27(33-35)29(3,4)5)26(20-12-9-18(30)13-21(20)31)38-15-24(37)34(28)14-23(36)32-19-10-11-19/h6-9,12-13,19,26H,10-11,14-15H2,1-5H3,(H,32,36)/t26-/m1/s1. The summed E-state index contributed by atoms with van der Waals surface area (Å²) in [5.74, 6) is -1.36. The minimum Gasteiger partial charge on any atom is -0.352 e. The molecule has 0 spiro atoms. The molecular weight excluding hydrogens is 506 g/mol. The first kappa shape index (κ1) is 26.4. The van der Waals surface area contributed by atoms with Crippen molar-refractivity contribution in [3.63, 3.8) is 0 Å². The van der Waals surface area contributed by atoms with Gasteiger partial charge in [-0.2, -0.15) is 5.10 Å². The molecule has 1 atom stereocenters. The van der Waals surface area contributed by atoms with Crippen molar-refractivity contribution in [3.8, 4) is 5.69 Å². The molecule has 1 aromatic heterocycles. The number of thioether (sulfide) groups is 1. The number of hydrogen-bond acceptors (Lipinski definition) is 4. The highest BCUT2D eigenvalue weighted by atomic mass is 32.2. The average Bonchev–Trinajstić information content (AvgIpc) is 3.58. The summed E-state index contributed by atoms with van der Waals surface area (Å²) in [5, 5.41) is 7.40. The average molecular weight is 539 g/mol. The molecule has 2 aromatic carbocycles. The third-order valence-corrected chi connectivity index (χ3v) is 8.33. The van der Waals surface area contributed by atoms with Crippen LogP contribution in [0.15, 0.2) is 36.4 Å². The molecule has 1 N–H and O–H groups in total. The van der Waals surface area contributed by atoms with E-state index in [4.69, 9.17) is 5.10 Å². The smallest absolute Gasteiger partial charge is 0.240 e. The number of halogens is 2. The Morgan fingerprint density at radius 1 is 1.16 bits per heavy atom. The molecule has 3 aromatic rings. The number of carbonyl (C=O) groups excluding carboxylic acids is 2. The summed E-state index contributed by atoms with van der Waals surface area (Å²) >= 11 is 1.27. The van der Waals surface area contributed by atoms with Crippen molar-refractivity contribution in [1.82, 2.24) is 15.1 Å². The lowest BCUT2D eigenvalue weighted by Crippen LogP contribution is -2.43. The van der Waals surface area contributed by atoms with Gasteiger partial charge in [0.1, 0.15) is 24.0 Å². The van der Waals surface area contributed by atoms with E-state index in [1.54, 1.807) is 4.68 Å². The van der Waals surface area contributed by atoms with Gasteiger partial charge in [0.15, 0.2) is 0 Å². The van der Waals surface area contributed by atoms with E-state index in [0.717, 1.165) is 35.7 Å². The van der Waals surface area contributed by atoms with Crippen LogP contribution in [0.4, 0.5) is 14.6 Å². The Hall–Kier alpha value is -3.20. The summed E-state index contributed by atoms with van der Waals surface area (Å²) in [4.78, 5) is 28.1. The maximum Gasteiger partial charge on any atom is 0.240 e. The van der Waals surface area contributed by atoms with E-state index in [9.17, 15) is 14.0 Å². The van der Waals surface area contributed by atoms with Crippen molar-refractivity contribution in [3.05, 3.63) is 76.0 Å². The van der Waals surface area contributed by atoms with Crippen LogP contribution in [0.25, 0.3) is 5.69 Å². The molecule has 0 saturated heterocycles. The first-order valence-corrected chi connectivity index (χ1v) is 13.9. The number of nitrogens with one attached hydrogen (secondary N) is 1. The number of anilines is 1. The topological polar surface area (TPSA) is 67.2 Å². The molecule has 2 heterocycles. The van der Waals surface area contributed by atoms with E-state index in [2.05, 4.69) is 5.32 Å². The number of aryl methyl sites for hydroxylation is 1. The van der Waals surface area contributed by atoms with Gasteiger partial charge in [-0.05, 0) is 49.9 Å². The van der Waals surface area contributed by atoms with Crippen LogP contribution in [0.5, 0.6) is 0 Å². The SMILES string of the molecule is Cc1cccc(-n2nc(C(C)(C)C)c3c2N(CC(=O)NC2CC2)C(=O)CS[C@@H]3c2ccc(F)cc2F)c1C. The van der Waals surface area contributed by atoms with Crippen molar-refractivity contribution in [2.24, 2.45) is 0 Å². The molecule has 1 saturated carbocycles. The van der Waals surface area contributed by atoms with Crippen LogP contribution >= 0.6 is 11.8 Å². The summed E-state index contributed by atoms with van der Waals surface area (Å²) in [5.41, 5.74) is 3.98. The zero-order valence-corrected chi connectivity index (χ0v) is 23.1. The molecular formula is C29H32F2N4O2S. The van der Waals surface area contributed by atoms with Gasteiger partial charge < -0.3 is 5.32 Å². The lowest BCUT2D eigenvalue weighted by Gasteiger charge is -2.25. The quantitative estimate of drug-likeness (QED) is 0.465. The van der Waals surface area contributed by atoms with Crippen LogP contribution in [0, 0.1) is 25.5 Å². The number of hydrogen-bond donors (Lipinski definition) is 1. The largest absolute Gasteiger partial charge is 0.352 e. The molecule has 1 fully saturated rings. The predicted octanol–water partition coefficient (Wildman–Crippen LogP) is 5.51. The first-order chi connectivity index (χ1) is 18.0. The zero-order chi connectivity index (χ0) is 27.4.